The lowest BCUT2D eigenvalue weighted by molar-refractivity contribution is -0.274. The zero-order chi connectivity index (χ0) is 17.6. The topological polar surface area (TPSA) is 38.3 Å². The van der Waals surface area contributed by atoms with Gasteiger partial charge in [0.2, 0.25) is 0 Å². The first-order valence-electron chi connectivity index (χ1n) is 8.17. The Hall–Kier alpha value is -1.89. The van der Waals surface area contributed by atoms with Crippen LogP contribution in [0, 0.1) is 0 Å². The average Bonchev–Trinajstić information content (AvgIpc) is 3.00. The van der Waals surface area contributed by atoms with E-state index in [1.54, 1.807) is 23.9 Å². The number of carbonyl (C=O) groups is 1. The molecule has 0 saturated carbocycles. The van der Waals surface area contributed by atoms with Crippen molar-refractivity contribution in [2.45, 2.75) is 38.0 Å². The van der Waals surface area contributed by atoms with Crippen molar-refractivity contribution in [1.29, 1.82) is 0 Å². The zero-order valence-electron chi connectivity index (χ0n) is 13.3. The molecule has 0 spiro atoms. The molecule has 3 aliphatic rings. The van der Waals surface area contributed by atoms with Gasteiger partial charge in [0.05, 0.1) is 0 Å². The molecule has 3 nitrogen and oxygen atoms in total. The largest absolute Gasteiger partial charge is 0.573 e. The second kappa shape index (κ2) is 6.12. The Labute approximate surface area is 147 Å². The number of Topliss-reactive ketones (excluding diaryl/α,β-unsaturated/α-hetero) is 1. The van der Waals surface area contributed by atoms with E-state index in [4.69, 9.17) is 0 Å². The maximum atomic E-state index is 12.6. The fourth-order valence-corrected chi connectivity index (χ4v) is 4.95. The van der Waals surface area contributed by atoms with Gasteiger partial charge in [0, 0.05) is 40.0 Å². The monoisotopic (exact) mass is 367 g/mol. The molecule has 1 unspecified atom stereocenters. The number of ketones is 1. The fourth-order valence-electron chi connectivity index (χ4n) is 3.68. The van der Waals surface area contributed by atoms with Gasteiger partial charge in [-0.05, 0) is 37.0 Å². The van der Waals surface area contributed by atoms with Crippen LogP contribution in [-0.4, -0.2) is 17.9 Å². The number of benzene rings is 1. The Morgan fingerprint density at radius 3 is 2.56 bits per heavy atom. The Morgan fingerprint density at radius 2 is 1.84 bits per heavy atom. The summed E-state index contributed by atoms with van der Waals surface area (Å²) in [5.41, 5.74) is 3.75. The van der Waals surface area contributed by atoms with Gasteiger partial charge >= 0.3 is 6.36 Å². The van der Waals surface area contributed by atoms with E-state index in [-0.39, 0.29) is 17.5 Å². The summed E-state index contributed by atoms with van der Waals surface area (Å²) in [7, 11) is 0. The van der Waals surface area contributed by atoms with E-state index >= 15 is 0 Å². The molecular weight excluding hydrogens is 351 g/mol. The molecule has 4 rings (SSSR count). The van der Waals surface area contributed by atoms with Crippen molar-refractivity contribution < 1.29 is 22.7 Å². The lowest BCUT2D eigenvalue weighted by atomic mass is 9.79. The number of halogens is 3. The van der Waals surface area contributed by atoms with Crippen LogP contribution in [0.25, 0.3) is 0 Å². The molecule has 7 heteroatoms. The molecule has 1 aliphatic carbocycles. The number of thioether (sulfide) groups is 1. The molecule has 0 saturated heterocycles. The molecule has 1 aromatic carbocycles. The van der Waals surface area contributed by atoms with Gasteiger partial charge < -0.3 is 10.1 Å². The molecule has 0 aromatic heterocycles. The van der Waals surface area contributed by atoms with Crippen LogP contribution in [0.15, 0.2) is 46.1 Å². The van der Waals surface area contributed by atoms with E-state index in [9.17, 15) is 18.0 Å². The van der Waals surface area contributed by atoms with Gasteiger partial charge in [-0.3, -0.25) is 4.79 Å². The normalized spacial score (nSPS) is 23.3. The Balaban J connectivity index is 1.72. The highest BCUT2D eigenvalue weighted by molar-refractivity contribution is 8.03. The highest BCUT2D eigenvalue weighted by Crippen LogP contribution is 2.50. The summed E-state index contributed by atoms with van der Waals surface area (Å²) in [5, 5.41) is 3.43. The predicted molar refractivity (Wildman–Crippen MR) is 89.0 cm³/mol. The van der Waals surface area contributed by atoms with Crippen molar-refractivity contribution in [3.05, 3.63) is 51.7 Å². The highest BCUT2D eigenvalue weighted by atomic mass is 32.2. The second-order valence-electron chi connectivity index (χ2n) is 6.29. The Bertz CT molecular complexity index is 781. The summed E-state index contributed by atoms with van der Waals surface area (Å²) in [6.07, 6.45) is -1.57. The lowest BCUT2D eigenvalue weighted by Crippen LogP contribution is -2.30. The van der Waals surface area contributed by atoms with Gasteiger partial charge in [0.1, 0.15) is 5.75 Å². The van der Waals surface area contributed by atoms with E-state index in [0.717, 1.165) is 52.5 Å². The maximum absolute atomic E-state index is 12.6. The summed E-state index contributed by atoms with van der Waals surface area (Å²) in [5.74, 6) is 0.667. The third-order valence-electron chi connectivity index (χ3n) is 4.66. The third kappa shape index (κ3) is 3.17. The molecule has 1 aromatic rings. The summed E-state index contributed by atoms with van der Waals surface area (Å²) >= 11 is 1.72. The van der Waals surface area contributed by atoms with Crippen LogP contribution in [-0.2, 0) is 4.79 Å². The lowest BCUT2D eigenvalue weighted by Gasteiger charge is -2.33. The van der Waals surface area contributed by atoms with Crippen LogP contribution in [0.4, 0.5) is 13.2 Å². The molecule has 1 atom stereocenters. The van der Waals surface area contributed by atoms with Gasteiger partial charge in [0.25, 0.3) is 0 Å². The number of hydrogen-bond acceptors (Lipinski definition) is 4. The van der Waals surface area contributed by atoms with Gasteiger partial charge in [-0.25, -0.2) is 0 Å². The number of rotatable bonds is 2. The fraction of sp³-hybridized carbons (Fsp3) is 0.389. The van der Waals surface area contributed by atoms with Gasteiger partial charge in [-0.15, -0.1) is 24.9 Å². The first-order valence-corrected chi connectivity index (χ1v) is 9.16. The maximum Gasteiger partial charge on any atom is 0.573 e. The summed E-state index contributed by atoms with van der Waals surface area (Å²) in [4.78, 5) is 13.7. The van der Waals surface area contributed by atoms with Crippen LogP contribution < -0.4 is 10.1 Å². The molecule has 0 radical (unpaired) electrons. The predicted octanol–water partition coefficient (Wildman–Crippen LogP) is 4.63. The van der Waals surface area contributed by atoms with Crippen molar-refractivity contribution in [2.24, 2.45) is 0 Å². The van der Waals surface area contributed by atoms with Crippen molar-refractivity contribution >= 4 is 17.5 Å². The van der Waals surface area contributed by atoms with E-state index in [2.05, 4.69) is 10.1 Å². The number of allylic oxidation sites excluding steroid dienone is 4. The molecular formula is C18H16F3NO2S. The molecule has 0 amide bonds. The Kier molecular flexibility index (Phi) is 4.06. The van der Waals surface area contributed by atoms with Crippen LogP contribution in [0.2, 0.25) is 0 Å². The quantitative estimate of drug-likeness (QED) is 0.827. The van der Waals surface area contributed by atoms with Crippen molar-refractivity contribution in [3.63, 3.8) is 0 Å². The molecule has 25 heavy (non-hydrogen) atoms. The average molecular weight is 367 g/mol. The van der Waals surface area contributed by atoms with Crippen LogP contribution >= 0.6 is 11.8 Å². The number of dihydropyridines is 1. The van der Waals surface area contributed by atoms with Crippen LogP contribution in [0.3, 0.4) is 0 Å². The van der Waals surface area contributed by atoms with E-state index < -0.39 is 6.36 Å². The minimum Gasteiger partial charge on any atom is -0.406 e. The first-order chi connectivity index (χ1) is 11.9. The standard InChI is InChI=1S/C18H16F3NO2S/c19-18(20,21)24-11-6-4-10(5-7-11)15-16-12(2-1-3-14(16)23)22-13-8-9-25-17(13)15/h4-7,15,22H,1-3,8-9H2. The minimum absolute atomic E-state index is 0.133. The number of carbonyl (C=O) groups excluding carboxylic acids is 1. The van der Waals surface area contributed by atoms with Gasteiger partial charge in [-0.2, -0.15) is 0 Å². The summed E-state index contributed by atoms with van der Waals surface area (Å²) < 4.78 is 41.0. The molecule has 1 N–H and O–H groups in total. The number of ether oxygens (including phenoxy) is 1. The minimum atomic E-state index is -4.71. The third-order valence-corrected chi connectivity index (χ3v) is 5.86. The summed E-state index contributed by atoms with van der Waals surface area (Å²) in [6, 6.07) is 5.90. The molecule has 0 bridgehead atoms. The van der Waals surface area contributed by atoms with Crippen LogP contribution in [0.5, 0.6) is 5.75 Å². The first kappa shape index (κ1) is 16.6. The van der Waals surface area contributed by atoms with E-state index in [0.29, 0.717) is 6.42 Å². The zero-order valence-corrected chi connectivity index (χ0v) is 14.1. The number of hydrogen-bond donors (Lipinski definition) is 1. The van der Waals surface area contributed by atoms with Crippen LogP contribution in [0.1, 0.15) is 37.2 Å². The summed E-state index contributed by atoms with van der Waals surface area (Å²) in [6.45, 7) is 0. The van der Waals surface area contributed by atoms with Gasteiger partial charge in [0.15, 0.2) is 5.78 Å². The SMILES string of the molecule is O=C1CCCC2=C1C(c1ccc(OC(F)(F)F)cc1)C1=C(CCS1)N2. The molecule has 2 heterocycles. The van der Waals surface area contributed by atoms with Crippen molar-refractivity contribution in [1.82, 2.24) is 5.32 Å². The van der Waals surface area contributed by atoms with E-state index in [1.807, 2.05) is 0 Å². The van der Waals surface area contributed by atoms with E-state index in [1.165, 1.54) is 12.1 Å². The molecule has 0 fully saturated rings. The number of nitrogens with one attached hydrogen (secondary N) is 1. The number of alkyl halides is 3. The second-order valence-corrected chi connectivity index (χ2v) is 7.42. The Morgan fingerprint density at radius 1 is 1.08 bits per heavy atom. The highest BCUT2D eigenvalue weighted by Gasteiger charge is 2.38. The van der Waals surface area contributed by atoms with Gasteiger partial charge in [-0.1, -0.05) is 12.1 Å². The molecule has 2 aliphatic heterocycles. The van der Waals surface area contributed by atoms with Crippen molar-refractivity contribution in [2.75, 3.05) is 5.75 Å². The van der Waals surface area contributed by atoms with Crippen molar-refractivity contribution in [3.8, 4) is 5.75 Å². The molecule has 132 valence electrons. The smallest absolute Gasteiger partial charge is 0.406 e.